The van der Waals surface area contributed by atoms with Gasteiger partial charge in [0, 0.05) is 31.6 Å². The minimum atomic E-state index is -1.18. The van der Waals surface area contributed by atoms with E-state index in [-0.39, 0.29) is 5.82 Å². The van der Waals surface area contributed by atoms with E-state index in [1.54, 1.807) is 37.2 Å². The lowest BCUT2D eigenvalue weighted by Gasteiger charge is -2.17. The Kier molecular flexibility index (Phi) is 3.76. The molecule has 0 radical (unpaired) electrons. The van der Waals surface area contributed by atoms with Crippen LogP contribution in [-0.2, 0) is 7.05 Å². The quantitative estimate of drug-likeness (QED) is 0.772. The Hall–Kier alpha value is -2.87. The SMILES string of the molecule is CN(C)c1nc(=O)n(-c2cnc(C(=O)O)n2C)c2cc(Cl)ccc12. The van der Waals surface area contributed by atoms with Gasteiger partial charge in [-0.05, 0) is 18.2 Å². The number of carbonyl (C=O) groups is 1. The molecule has 1 N–H and O–H groups in total. The van der Waals surface area contributed by atoms with Crippen molar-refractivity contribution >= 4 is 34.3 Å². The molecule has 0 aliphatic rings. The monoisotopic (exact) mass is 347 g/mol. The smallest absolute Gasteiger partial charge is 0.372 e. The topological polar surface area (TPSA) is 93.2 Å². The van der Waals surface area contributed by atoms with Crippen molar-refractivity contribution in [3.05, 3.63) is 45.7 Å². The molecule has 3 rings (SSSR count). The van der Waals surface area contributed by atoms with E-state index >= 15 is 0 Å². The molecule has 0 spiro atoms. The highest BCUT2D eigenvalue weighted by molar-refractivity contribution is 6.31. The van der Waals surface area contributed by atoms with Gasteiger partial charge in [-0.25, -0.2) is 19.1 Å². The van der Waals surface area contributed by atoms with Gasteiger partial charge in [-0.1, -0.05) is 11.6 Å². The number of aromatic nitrogens is 4. The summed E-state index contributed by atoms with van der Waals surface area (Å²) < 4.78 is 2.62. The number of rotatable bonds is 3. The Bertz CT molecular complexity index is 1020. The number of halogens is 1. The summed E-state index contributed by atoms with van der Waals surface area (Å²) in [7, 11) is 5.09. The fraction of sp³-hybridized carbons (Fsp3) is 0.200. The summed E-state index contributed by atoms with van der Waals surface area (Å²) in [6.45, 7) is 0. The van der Waals surface area contributed by atoms with Crippen LogP contribution in [0, 0.1) is 0 Å². The Morgan fingerprint density at radius 3 is 2.62 bits per heavy atom. The molecule has 9 heteroatoms. The summed E-state index contributed by atoms with van der Waals surface area (Å²) in [4.78, 5) is 33.5. The van der Waals surface area contributed by atoms with E-state index in [0.717, 1.165) is 0 Å². The fourth-order valence-corrected chi connectivity index (χ4v) is 2.72. The number of fused-ring (bicyclic) bond motifs is 1. The van der Waals surface area contributed by atoms with Crippen LogP contribution in [0.3, 0.4) is 0 Å². The maximum atomic E-state index is 12.6. The summed E-state index contributed by atoms with van der Waals surface area (Å²) in [6, 6.07) is 5.12. The molecule has 0 aliphatic heterocycles. The van der Waals surface area contributed by atoms with Gasteiger partial charge in [0.1, 0.15) is 11.6 Å². The lowest BCUT2D eigenvalue weighted by atomic mass is 10.2. The Morgan fingerprint density at radius 1 is 1.33 bits per heavy atom. The van der Waals surface area contributed by atoms with Crippen molar-refractivity contribution in [2.24, 2.45) is 7.05 Å². The third-order valence-electron chi connectivity index (χ3n) is 3.64. The molecule has 0 saturated heterocycles. The normalized spacial score (nSPS) is 11.0. The van der Waals surface area contributed by atoms with Gasteiger partial charge in [-0.15, -0.1) is 0 Å². The van der Waals surface area contributed by atoms with E-state index in [2.05, 4.69) is 9.97 Å². The zero-order valence-electron chi connectivity index (χ0n) is 13.2. The highest BCUT2D eigenvalue weighted by Crippen LogP contribution is 2.26. The zero-order valence-corrected chi connectivity index (χ0v) is 13.9. The number of carboxylic acids is 1. The van der Waals surface area contributed by atoms with Crippen LogP contribution >= 0.6 is 11.6 Å². The van der Waals surface area contributed by atoms with Gasteiger partial charge in [0.2, 0.25) is 5.82 Å². The van der Waals surface area contributed by atoms with Crippen molar-refractivity contribution < 1.29 is 9.90 Å². The third-order valence-corrected chi connectivity index (χ3v) is 3.88. The largest absolute Gasteiger partial charge is 0.475 e. The maximum Gasteiger partial charge on any atom is 0.372 e. The molecule has 124 valence electrons. The summed E-state index contributed by atoms with van der Waals surface area (Å²) in [5.74, 6) is -0.563. The first kappa shape index (κ1) is 16.0. The lowest BCUT2D eigenvalue weighted by Crippen LogP contribution is -2.27. The molecular formula is C15H14ClN5O3. The molecule has 1 aromatic carbocycles. The van der Waals surface area contributed by atoms with Crippen molar-refractivity contribution in [1.82, 2.24) is 19.1 Å². The number of nitrogens with zero attached hydrogens (tertiary/aromatic N) is 5. The summed E-state index contributed by atoms with van der Waals surface area (Å²) in [6.07, 6.45) is 1.32. The predicted octanol–water partition coefficient (Wildman–Crippen LogP) is 1.54. The first-order valence-corrected chi connectivity index (χ1v) is 7.34. The minimum absolute atomic E-state index is 0.177. The van der Waals surface area contributed by atoms with Gasteiger partial charge in [0.15, 0.2) is 0 Å². The number of benzene rings is 1. The number of imidazole rings is 1. The van der Waals surface area contributed by atoms with Crippen LogP contribution < -0.4 is 10.6 Å². The molecule has 0 unspecified atom stereocenters. The molecule has 24 heavy (non-hydrogen) atoms. The lowest BCUT2D eigenvalue weighted by molar-refractivity contribution is 0.0679. The van der Waals surface area contributed by atoms with Crippen LogP contribution in [0.15, 0.2) is 29.2 Å². The maximum absolute atomic E-state index is 12.6. The second-order valence-corrected chi connectivity index (χ2v) is 5.85. The predicted molar refractivity (Wildman–Crippen MR) is 90.4 cm³/mol. The van der Waals surface area contributed by atoms with Crippen molar-refractivity contribution in [2.75, 3.05) is 19.0 Å². The van der Waals surface area contributed by atoms with Crippen molar-refractivity contribution in [3.63, 3.8) is 0 Å². The number of hydrogen-bond donors (Lipinski definition) is 1. The van der Waals surface area contributed by atoms with Crippen LogP contribution in [-0.4, -0.2) is 44.3 Å². The third kappa shape index (κ3) is 2.41. The number of anilines is 1. The van der Waals surface area contributed by atoms with E-state index in [1.165, 1.54) is 22.4 Å². The molecule has 0 saturated carbocycles. The highest BCUT2D eigenvalue weighted by Gasteiger charge is 2.19. The van der Waals surface area contributed by atoms with E-state index in [1.807, 2.05) is 0 Å². The second kappa shape index (κ2) is 5.64. The van der Waals surface area contributed by atoms with Crippen LogP contribution in [0.4, 0.5) is 5.82 Å². The van der Waals surface area contributed by atoms with Gasteiger partial charge in [-0.2, -0.15) is 4.98 Å². The van der Waals surface area contributed by atoms with Crippen LogP contribution in [0.2, 0.25) is 5.02 Å². The molecule has 3 aromatic rings. The van der Waals surface area contributed by atoms with Crippen LogP contribution in [0.5, 0.6) is 0 Å². The van der Waals surface area contributed by atoms with E-state index in [0.29, 0.717) is 27.6 Å². The molecular weight excluding hydrogens is 334 g/mol. The number of hydrogen-bond acceptors (Lipinski definition) is 5. The number of carboxylic acid groups (broad SMARTS) is 1. The molecule has 0 aliphatic carbocycles. The summed E-state index contributed by atoms with van der Waals surface area (Å²) in [5, 5.41) is 10.3. The molecule has 0 amide bonds. The van der Waals surface area contributed by atoms with Crippen molar-refractivity contribution in [1.29, 1.82) is 0 Å². The molecule has 8 nitrogen and oxygen atoms in total. The Labute approximate surface area is 141 Å². The Balaban J connectivity index is 2.43. The average molecular weight is 348 g/mol. The fourth-order valence-electron chi connectivity index (χ4n) is 2.55. The highest BCUT2D eigenvalue weighted by atomic mass is 35.5. The summed E-state index contributed by atoms with van der Waals surface area (Å²) in [5.41, 5.74) is -0.0282. The minimum Gasteiger partial charge on any atom is -0.475 e. The second-order valence-electron chi connectivity index (χ2n) is 5.41. The Morgan fingerprint density at radius 2 is 2.04 bits per heavy atom. The number of aromatic carboxylic acids is 1. The van der Waals surface area contributed by atoms with Gasteiger partial charge in [0.25, 0.3) is 0 Å². The molecule has 0 fully saturated rings. The first-order valence-electron chi connectivity index (χ1n) is 6.96. The molecule has 2 heterocycles. The van der Waals surface area contributed by atoms with Crippen molar-refractivity contribution in [3.8, 4) is 5.82 Å². The average Bonchev–Trinajstić information content (AvgIpc) is 2.87. The standard InChI is InChI=1S/C15H14ClN5O3/c1-19(2)12-9-5-4-8(16)6-10(9)21(15(24)18-12)11-7-17-13(14(22)23)20(11)3/h4-7H,1-3H3,(H,22,23). The molecule has 0 atom stereocenters. The zero-order chi connectivity index (χ0) is 17.6. The molecule has 0 bridgehead atoms. The van der Waals surface area contributed by atoms with Gasteiger partial charge in [-0.3, -0.25) is 0 Å². The van der Waals surface area contributed by atoms with Gasteiger partial charge in [0.05, 0.1) is 11.7 Å². The van der Waals surface area contributed by atoms with Gasteiger partial charge >= 0.3 is 11.7 Å². The van der Waals surface area contributed by atoms with E-state index in [4.69, 9.17) is 16.7 Å². The van der Waals surface area contributed by atoms with Gasteiger partial charge < -0.3 is 14.6 Å². The van der Waals surface area contributed by atoms with Crippen LogP contribution in [0.1, 0.15) is 10.6 Å². The molecule has 2 aromatic heterocycles. The van der Waals surface area contributed by atoms with Crippen molar-refractivity contribution in [2.45, 2.75) is 0 Å². The van der Waals surface area contributed by atoms with E-state index < -0.39 is 11.7 Å². The van der Waals surface area contributed by atoms with E-state index in [9.17, 15) is 9.59 Å². The van der Waals surface area contributed by atoms with Crippen LogP contribution in [0.25, 0.3) is 16.7 Å². The first-order chi connectivity index (χ1) is 11.3. The summed E-state index contributed by atoms with van der Waals surface area (Å²) >= 11 is 6.09.